The molecule has 0 spiro atoms. The molecular weight excluding hydrogens is 414 g/mol. The van der Waals surface area contributed by atoms with Crippen LogP contribution in [0.1, 0.15) is 11.7 Å². The van der Waals surface area contributed by atoms with Crippen molar-refractivity contribution in [2.24, 2.45) is 0 Å². The van der Waals surface area contributed by atoms with Gasteiger partial charge < -0.3 is 10.2 Å². The molecule has 0 amide bonds. The highest BCUT2D eigenvalue weighted by molar-refractivity contribution is 9.11. The van der Waals surface area contributed by atoms with E-state index < -0.39 is 10.0 Å². The summed E-state index contributed by atoms with van der Waals surface area (Å²) in [5, 5.41) is 0. The molecule has 1 aromatic carbocycles. The van der Waals surface area contributed by atoms with Gasteiger partial charge in [-0.15, -0.1) is 0 Å². The third kappa shape index (κ3) is 3.40. The number of halogens is 2. The maximum absolute atomic E-state index is 12.3. The van der Waals surface area contributed by atoms with Gasteiger partial charge in [-0.1, -0.05) is 15.9 Å². The highest BCUT2D eigenvalue weighted by Gasteiger charge is 2.22. The summed E-state index contributed by atoms with van der Waals surface area (Å²) >= 11 is 6.44. The molecule has 0 aliphatic heterocycles. The Bertz CT molecular complexity index is 720. The fraction of sp³-hybridized carbons (Fsp3) is 0.182. The summed E-state index contributed by atoms with van der Waals surface area (Å²) in [6.45, 7) is 1.69. The quantitative estimate of drug-likeness (QED) is 0.735. The summed E-state index contributed by atoms with van der Waals surface area (Å²) in [6.07, 6.45) is 1.52. The molecular formula is C11H11Br2N3O3S. The molecule has 9 heteroatoms. The zero-order chi connectivity index (χ0) is 14.9. The van der Waals surface area contributed by atoms with Crippen LogP contribution in [0.5, 0.6) is 0 Å². The van der Waals surface area contributed by atoms with Gasteiger partial charge >= 0.3 is 0 Å². The maximum Gasteiger partial charge on any atom is 0.244 e. The molecule has 0 saturated carbocycles. The summed E-state index contributed by atoms with van der Waals surface area (Å²) in [5.41, 5.74) is 5.90. The van der Waals surface area contributed by atoms with Gasteiger partial charge in [-0.05, 0) is 35.0 Å². The molecule has 3 N–H and O–H groups in total. The summed E-state index contributed by atoms with van der Waals surface area (Å²) in [4.78, 5) is 3.92. The van der Waals surface area contributed by atoms with Crippen molar-refractivity contribution in [2.45, 2.75) is 18.4 Å². The average Bonchev–Trinajstić information content (AvgIpc) is 2.71. The maximum atomic E-state index is 12.3. The second-order valence-corrected chi connectivity index (χ2v) is 7.47. The first-order valence-corrected chi connectivity index (χ1v) is 8.52. The van der Waals surface area contributed by atoms with Crippen LogP contribution in [0.3, 0.4) is 0 Å². The van der Waals surface area contributed by atoms with Crippen molar-refractivity contribution in [1.29, 1.82) is 0 Å². The van der Waals surface area contributed by atoms with Gasteiger partial charge in [0.05, 0.1) is 18.4 Å². The first kappa shape index (κ1) is 15.5. The molecule has 1 aromatic heterocycles. The van der Waals surface area contributed by atoms with Gasteiger partial charge in [-0.25, -0.2) is 18.1 Å². The van der Waals surface area contributed by atoms with Crippen molar-refractivity contribution >= 4 is 47.6 Å². The van der Waals surface area contributed by atoms with E-state index in [0.717, 1.165) is 0 Å². The van der Waals surface area contributed by atoms with E-state index in [9.17, 15) is 8.42 Å². The van der Waals surface area contributed by atoms with Crippen LogP contribution >= 0.6 is 31.9 Å². The zero-order valence-electron chi connectivity index (χ0n) is 10.4. The Labute approximate surface area is 133 Å². The van der Waals surface area contributed by atoms with E-state index in [4.69, 9.17) is 10.2 Å². The van der Waals surface area contributed by atoms with Crippen LogP contribution in [0.15, 0.2) is 36.6 Å². The number of benzene rings is 1. The molecule has 0 radical (unpaired) electrons. The Kier molecular flexibility index (Phi) is 4.52. The Balaban J connectivity index is 2.27. The minimum atomic E-state index is -3.77. The van der Waals surface area contributed by atoms with Gasteiger partial charge in [0.2, 0.25) is 15.9 Å². The number of sulfonamides is 1. The van der Waals surface area contributed by atoms with Crippen LogP contribution in [0.4, 0.5) is 5.69 Å². The van der Waals surface area contributed by atoms with Gasteiger partial charge in [-0.3, -0.25) is 0 Å². The Morgan fingerprint density at radius 3 is 2.65 bits per heavy atom. The van der Waals surface area contributed by atoms with Crippen LogP contribution in [0, 0.1) is 6.92 Å². The highest BCUT2D eigenvalue weighted by Crippen LogP contribution is 2.31. The number of anilines is 1. The van der Waals surface area contributed by atoms with E-state index in [2.05, 4.69) is 41.6 Å². The lowest BCUT2D eigenvalue weighted by Crippen LogP contribution is -2.24. The number of nitrogens with two attached hydrogens (primary N) is 1. The molecule has 108 valence electrons. The van der Waals surface area contributed by atoms with Gasteiger partial charge in [0.1, 0.15) is 10.7 Å². The van der Waals surface area contributed by atoms with Crippen molar-refractivity contribution in [3.63, 3.8) is 0 Å². The average molecular weight is 425 g/mol. The summed E-state index contributed by atoms with van der Waals surface area (Å²) in [7, 11) is -3.77. The number of aromatic nitrogens is 1. The van der Waals surface area contributed by atoms with Crippen molar-refractivity contribution < 1.29 is 12.8 Å². The lowest BCUT2D eigenvalue weighted by atomic mass is 10.3. The minimum Gasteiger partial charge on any atom is -0.445 e. The van der Waals surface area contributed by atoms with Gasteiger partial charge in [0.25, 0.3) is 0 Å². The first-order valence-electron chi connectivity index (χ1n) is 5.45. The van der Waals surface area contributed by atoms with Gasteiger partial charge in [0.15, 0.2) is 0 Å². The van der Waals surface area contributed by atoms with Gasteiger partial charge in [-0.2, -0.15) is 0 Å². The van der Waals surface area contributed by atoms with Crippen LogP contribution in [0.25, 0.3) is 0 Å². The molecule has 0 unspecified atom stereocenters. The van der Waals surface area contributed by atoms with Crippen LogP contribution in [-0.2, 0) is 16.6 Å². The summed E-state index contributed by atoms with van der Waals surface area (Å²) in [6, 6.07) is 3.13. The van der Waals surface area contributed by atoms with Crippen LogP contribution in [-0.4, -0.2) is 13.4 Å². The molecule has 0 aliphatic rings. The number of nitrogens with one attached hydrogen (secondary N) is 1. The fourth-order valence-corrected chi connectivity index (χ4v) is 4.62. The van der Waals surface area contributed by atoms with Crippen molar-refractivity contribution in [3.05, 3.63) is 38.9 Å². The van der Waals surface area contributed by atoms with Gasteiger partial charge in [0, 0.05) is 8.95 Å². The third-order valence-electron chi connectivity index (χ3n) is 2.39. The Hall–Kier alpha value is -0.900. The highest BCUT2D eigenvalue weighted by atomic mass is 79.9. The fourth-order valence-electron chi connectivity index (χ4n) is 1.58. The molecule has 0 aliphatic carbocycles. The Morgan fingerprint density at radius 2 is 2.10 bits per heavy atom. The van der Waals surface area contributed by atoms with E-state index in [1.165, 1.54) is 12.3 Å². The molecule has 0 atom stereocenters. The second kappa shape index (κ2) is 5.84. The lowest BCUT2D eigenvalue weighted by molar-refractivity contribution is 0.463. The number of nitrogens with zero attached hydrogens (tertiary/aromatic N) is 1. The van der Waals surface area contributed by atoms with E-state index in [-0.39, 0.29) is 23.0 Å². The number of rotatable bonds is 4. The predicted octanol–water partition coefficient (Wildman–Crippen LogP) is 2.57. The number of aryl methyl sites for hydroxylation is 1. The minimum absolute atomic E-state index is 0.0102. The zero-order valence-corrected chi connectivity index (χ0v) is 14.3. The monoisotopic (exact) mass is 423 g/mol. The number of hydrogen-bond donors (Lipinski definition) is 2. The largest absolute Gasteiger partial charge is 0.445 e. The molecule has 20 heavy (non-hydrogen) atoms. The number of oxazole rings is 1. The van der Waals surface area contributed by atoms with E-state index in [1.807, 2.05) is 0 Å². The molecule has 2 aromatic rings. The standard InChI is InChI=1S/C11H11Br2N3O3S/c1-6-4-15-10(19-6)5-16-20(17,18)11-8(13)2-7(12)3-9(11)14/h2-4,16H,5,14H2,1H3. The lowest BCUT2D eigenvalue weighted by Gasteiger charge is -2.10. The normalized spacial score (nSPS) is 11.8. The van der Waals surface area contributed by atoms with E-state index >= 15 is 0 Å². The van der Waals surface area contributed by atoms with Crippen LogP contribution in [0.2, 0.25) is 0 Å². The molecule has 2 rings (SSSR count). The SMILES string of the molecule is Cc1cnc(CNS(=O)(=O)c2c(N)cc(Br)cc2Br)o1. The Morgan fingerprint density at radius 1 is 1.40 bits per heavy atom. The molecule has 6 nitrogen and oxygen atoms in total. The molecule has 0 bridgehead atoms. The van der Waals surface area contributed by atoms with Crippen molar-refractivity contribution in [2.75, 3.05) is 5.73 Å². The predicted molar refractivity (Wildman–Crippen MR) is 81.5 cm³/mol. The topological polar surface area (TPSA) is 98.2 Å². The second-order valence-electron chi connectivity index (χ2n) is 4.00. The van der Waals surface area contributed by atoms with E-state index in [0.29, 0.717) is 14.7 Å². The summed E-state index contributed by atoms with van der Waals surface area (Å²) in [5.74, 6) is 0.904. The van der Waals surface area contributed by atoms with Crippen molar-refractivity contribution in [1.82, 2.24) is 9.71 Å². The smallest absolute Gasteiger partial charge is 0.244 e. The molecule has 0 saturated heterocycles. The van der Waals surface area contributed by atoms with Crippen molar-refractivity contribution in [3.8, 4) is 0 Å². The summed E-state index contributed by atoms with van der Waals surface area (Å²) < 4.78 is 33.2. The number of hydrogen-bond acceptors (Lipinski definition) is 5. The third-order valence-corrected chi connectivity index (χ3v) is 5.25. The first-order chi connectivity index (χ1) is 9.29. The number of nitrogen functional groups attached to an aromatic ring is 1. The molecule has 0 fully saturated rings. The van der Waals surface area contributed by atoms with E-state index in [1.54, 1.807) is 13.0 Å². The molecule has 1 heterocycles. The van der Waals surface area contributed by atoms with Crippen LogP contribution < -0.4 is 10.5 Å².